The van der Waals surface area contributed by atoms with Crippen molar-refractivity contribution < 1.29 is 14.3 Å². The van der Waals surface area contributed by atoms with E-state index in [9.17, 15) is 9.59 Å². The molecule has 0 aromatic heterocycles. The third-order valence-electron chi connectivity index (χ3n) is 7.91. The number of anilines is 1. The van der Waals surface area contributed by atoms with Crippen molar-refractivity contribution in [2.45, 2.75) is 89.9 Å². The minimum absolute atomic E-state index is 0.0648. The van der Waals surface area contributed by atoms with Gasteiger partial charge in [-0.1, -0.05) is 65.2 Å². The molecular weight excluding hydrogens is 422 g/mol. The highest BCUT2D eigenvalue weighted by Gasteiger charge is 2.37. The first-order chi connectivity index (χ1) is 16.2. The zero-order valence-corrected chi connectivity index (χ0v) is 21.2. The van der Waals surface area contributed by atoms with Crippen molar-refractivity contribution in [1.29, 1.82) is 0 Å². The van der Waals surface area contributed by atoms with E-state index in [1.807, 2.05) is 36.4 Å². The quantitative estimate of drug-likeness (QED) is 0.473. The first-order valence-electron chi connectivity index (χ1n) is 12.9. The van der Waals surface area contributed by atoms with Crippen LogP contribution in [0.4, 0.5) is 5.69 Å². The van der Waals surface area contributed by atoms with Gasteiger partial charge in [-0.3, -0.25) is 4.79 Å². The first-order valence-corrected chi connectivity index (χ1v) is 12.9. The van der Waals surface area contributed by atoms with Crippen molar-refractivity contribution in [3.05, 3.63) is 64.7 Å². The molecule has 2 aliphatic carbocycles. The molecule has 1 fully saturated rings. The number of amides is 1. The van der Waals surface area contributed by atoms with Crippen molar-refractivity contribution in [2.75, 3.05) is 11.9 Å². The minimum Gasteiger partial charge on any atom is -0.462 e. The van der Waals surface area contributed by atoms with Crippen LogP contribution >= 0.6 is 0 Å². The lowest BCUT2D eigenvalue weighted by Gasteiger charge is -2.41. The summed E-state index contributed by atoms with van der Waals surface area (Å²) in [5, 5.41) is 3.05. The van der Waals surface area contributed by atoms with Gasteiger partial charge in [-0.2, -0.15) is 0 Å². The van der Waals surface area contributed by atoms with Crippen LogP contribution in [0.25, 0.3) is 0 Å². The summed E-state index contributed by atoms with van der Waals surface area (Å²) in [7, 11) is 0. The lowest BCUT2D eigenvalue weighted by atomic mass is 9.63. The van der Waals surface area contributed by atoms with Gasteiger partial charge < -0.3 is 10.1 Å². The van der Waals surface area contributed by atoms with E-state index < -0.39 is 0 Å². The first kappa shape index (κ1) is 24.5. The van der Waals surface area contributed by atoms with E-state index in [0.717, 1.165) is 49.8 Å². The zero-order valence-electron chi connectivity index (χ0n) is 21.2. The molecule has 0 unspecified atom stereocenters. The average molecular weight is 462 g/mol. The Kier molecular flexibility index (Phi) is 7.16. The van der Waals surface area contributed by atoms with E-state index >= 15 is 0 Å². The molecule has 0 radical (unpaired) electrons. The number of carbonyl (C=O) groups is 2. The number of esters is 1. The highest BCUT2D eigenvalue weighted by atomic mass is 16.5. The Balaban J connectivity index is 1.31. The zero-order chi connectivity index (χ0) is 24.3. The van der Waals surface area contributed by atoms with Gasteiger partial charge in [0.05, 0.1) is 12.2 Å². The molecule has 4 rings (SSSR count). The van der Waals surface area contributed by atoms with Crippen LogP contribution in [-0.2, 0) is 26.8 Å². The average Bonchev–Trinajstić information content (AvgIpc) is 2.83. The molecule has 2 aromatic rings. The molecule has 1 N–H and O–H groups in total. The lowest BCUT2D eigenvalue weighted by molar-refractivity contribution is -0.120. The van der Waals surface area contributed by atoms with Gasteiger partial charge >= 0.3 is 5.97 Å². The molecular formula is C30H39NO3. The lowest BCUT2D eigenvalue weighted by Crippen LogP contribution is -2.34. The largest absolute Gasteiger partial charge is 0.462 e. The van der Waals surface area contributed by atoms with Crippen LogP contribution in [0, 0.1) is 5.92 Å². The maximum absolute atomic E-state index is 12.7. The monoisotopic (exact) mass is 461 g/mol. The normalized spacial score (nSPS) is 19.2. The van der Waals surface area contributed by atoms with Gasteiger partial charge in [0.1, 0.15) is 0 Å². The van der Waals surface area contributed by atoms with Gasteiger partial charge in [0.2, 0.25) is 5.91 Å². The second-order valence-corrected chi connectivity index (χ2v) is 11.4. The SMILES string of the molecule is CC1(C)CCC(C)(C)c2cc(C(=O)OCCc3ccc(NC(=O)C4CCCCC4)cc3)ccc21. The summed E-state index contributed by atoms with van der Waals surface area (Å²) in [5.74, 6) is 0.0180. The molecule has 4 heteroatoms. The number of hydrogen-bond acceptors (Lipinski definition) is 3. The molecule has 0 spiro atoms. The van der Waals surface area contributed by atoms with Crippen LogP contribution < -0.4 is 5.32 Å². The molecule has 1 amide bonds. The second kappa shape index (κ2) is 9.93. The number of hydrogen-bond donors (Lipinski definition) is 1. The third-order valence-corrected chi connectivity index (χ3v) is 7.91. The topological polar surface area (TPSA) is 55.4 Å². The number of carbonyl (C=O) groups excluding carboxylic acids is 2. The van der Waals surface area contributed by atoms with Gasteiger partial charge in [-0.05, 0) is 77.5 Å². The van der Waals surface area contributed by atoms with Crippen molar-refractivity contribution in [3.8, 4) is 0 Å². The summed E-state index contributed by atoms with van der Waals surface area (Å²) in [6.45, 7) is 9.42. The van der Waals surface area contributed by atoms with Crippen LogP contribution in [0.5, 0.6) is 0 Å². The van der Waals surface area contributed by atoms with E-state index in [2.05, 4.69) is 39.1 Å². The summed E-state index contributed by atoms with van der Waals surface area (Å²) in [5.41, 5.74) is 5.35. The third kappa shape index (κ3) is 5.54. The summed E-state index contributed by atoms with van der Waals surface area (Å²) < 4.78 is 5.61. The molecule has 0 saturated heterocycles. The molecule has 4 nitrogen and oxygen atoms in total. The van der Waals surface area contributed by atoms with Crippen molar-refractivity contribution in [1.82, 2.24) is 0 Å². The molecule has 2 aromatic carbocycles. The van der Waals surface area contributed by atoms with Gasteiger partial charge in [0.15, 0.2) is 0 Å². The smallest absolute Gasteiger partial charge is 0.338 e. The molecule has 1 saturated carbocycles. The highest BCUT2D eigenvalue weighted by Crippen LogP contribution is 2.45. The van der Waals surface area contributed by atoms with Crippen LogP contribution in [-0.4, -0.2) is 18.5 Å². The van der Waals surface area contributed by atoms with Crippen molar-refractivity contribution >= 4 is 17.6 Å². The molecule has 0 heterocycles. The minimum atomic E-state index is -0.265. The Morgan fingerprint density at radius 2 is 1.53 bits per heavy atom. The predicted octanol–water partition coefficient (Wildman–Crippen LogP) is 6.95. The van der Waals surface area contributed by atoms with E-state index in [0.29, 0.717) is 18.6 Å². The molecule has 2 aliphatic rings. The Bertz CT molecular complexity index is 1030. The van der Waals surface area contributed by atoms with E-state index in [1.165, 1.54) is 17.5 Å². The van der Waals surface area contributed by atoms with Gasteiger partial charge in [-0.15, -0.1) is 0 Å². The Morgan fingerprint density at radius 3 is 2.21 bits per heavy atom. The maximum atomic E-state index is 12.7. The Labute approximate surface area is 204 Å². The fourth-order valence-corrected chi connectivity index (χ4v) is 5.42. The summed E-state index contributed by atoms with van der Waals surface area (Å²) in [6, 6.07) is 13.9. The summed E-state index contributed by atoms with van der Waals surface area (Å²) >= 11 is 0. The van der Waals surface area contributed by atoms with Gasteiger partial charge in [-0.25, -0.2) is 4.79 Å². The van der Waals surface area contributed by atoms with Crippen molar-refractivity contribution in [3.63, 3.8) is 0 Å². The summed E-state index contributed by atoms with van der Waals surface area (Å²) in [6.07, 6.45) is 8.44. The number of rotatable bonds is 6. The molecule has 182 valence electrons. The van der Waals surface area contributed by atoms with E-state index in [4.69, 9.17) is 4.74 Å². The van der Waals surface area contributed by atoms with Crippen LogP contribution in [0.2, 0.25) is 0 Å². The Morgan fingerprint density at radius 1 is 0.882 bits per heavy atom. The maximum Gasteiger partial charge on any atom is 0.338 e. The van der Waals surface area contributed by atoms with Crippen molar-refractivity contribution in [2.24, 2.45) is 5.92 Å². The number of ether oxygens (including phenoxy) is 1. The standard InChI is InChI=1S/C30H39NO3/c1-29(2)17-18-30(3,4)26-20-23(12-15-25(26)29)28(33)34-19-16-21-10-13-24(14-11-21)31-27(32)22-8-6-5-7-9-22/h10-15,20,22H,5-9,16-19H2,1-4H3,(H,31,32). The number of fused-ring (bicyclic) bond motifs is 1. The van der Waals surface area contributed by atoms with E-state index in [1.54, 1.807) is 0 Å². The van der Waals surface area contributed by atoms with Gasteiger partial charge in [0, 0.05) is 18.0 Å². The van der Waals surface area contributed by atoms with Gasteiger partial charge in [0.25, 0.3) is 0 Å². The molecule has 0 aliphatic heterocycles. The highest BCUT2D eigenvalue weighted by molar-refractivity contribution is 5.92. The van der Waals surface area contributed by atoms with Crippen LogP contribution in [0.15, 0.2) is 42.5 Å². The Hall–Kier alpha value is -2.62. The predicted molar refractivity (Wildman–Crippen MR) is 137 cm³/mol. The number of benzene rings is 2. The molecule has 34 heavy (non-hydrogen) atoms. The van der Waals surface area contributed by atoms with E-state index in [-0.39, 0.29) is 28.6 Å². The van der Waals surface area contributed by atoms with Crippen LogP contribution in [0.3, 0.4) is 0 Å². The fraction of sp³-hybridized carbons (Fsp3) is 0.533. The number of nitrogens with one attached hydrogen (secondary N) is 1. The molecule has 0 atom stereocenters. The summed E-state index contributed by atoms with van der Waals surface area (Å²) in [4.78, 5) is 25.2. The van der Waals surface area contributed by atoms with Crippen LogP contribution in [0.1, 0.15) is 99.7 Å². The fourth-order valence-electron chi connectivity index (χ4n) is 5.42. The molecule has 0 bridgehead atoms. The second-order valence-electron chi connectivity index (χ2n) is 11.4.